The second kappa shape index (κ2) is 7.22. The summed E-state index contributed by atoms with van der Waals surface area (Å²) in [5.74, 6) is -0.0411. The highest BCUT2D eigenvalue weighted by molar-refractivity contribution is 5.81. The Kier molecular flexibility index (Phi) is 5.91. The molecule has 6 nitrogen and oxygen atoms in total. The Morgan fingerprint density at radius 2 is 2.53 bits per heavy atom. The first-order valence-electron chi connectivity index (χ1n) is 5.71. The zero-order valence-corrected chi connectivity index (χ0v) is 10.3. The number of morpholine rings is 1. The van der Waals surface area contributed by atoms with Gasteiger partial charge in [-0.05, 0) is 6.92 Å². The summed E-state index contributed by atoms with van der Waals surface area (Å²) in [6.45, 7) is 4.50. The molecule has 0 spiro atoms. The minimum atomic E-state index is -0.432. The number of amides is 1. The molecule has 1 saturated heterocycles. The monoisotopic (exact) mass is 241 g/mol. The molecule has 17 heavy (non-hydrogen) atoms. The molecule has 2 unspecified atom stereocenters. The van der Waals surface area contributed by atoms with Crippen LogP contribution in [0, 0.1) is 11.3 Å². The Bertz CT molecular complexity index is 290. The lowest BCUT2D eigenvalue weighted by Crippen LogP contribution is -2.52. The van der Waals surface area contributed by atoms with Gasteiger partial charge >= 0.3 is 0 Å². The van der Waals surface area contributed by atoms with E-state index < -0.39 is 6.10 Å². The van der Waals surface area contributed by atoms with Crippen LogP contribution in [0.15, 0.2) is 0 Å². The molecule has 1 aliphatic heterocycles. The fourth-order valence-corrected chi connectivity index (χ4v) is 1.69. The van der Waals surface area contributed by atoms with Crippen molar-refractivity contribution in [1.29, 1.82) is 5.26 Å². The van der Waals surface area contributed by atoms with Crippen LogP contribution in [0.3, 0.4) is 0 Å². The molecule has 6 heteroatoms. The van der Waals surface area contributed by atoms with E-state index >= 15 is 0 Å². The molecular formula is C11H19N3O3. The lowest BCUT2D eigenvalue weighted by molar-refractivity contribution is -0.128. The SMILES string of the molecule is COCCNC(=O)C(C)N1CCOC(C#N)C1. The quantitative estimate of drug-likeness (QED) is 0.648. The molecule has 1 N–H and O–H groups in total. The van der Waals surface area contributed by atoms with Gasteiger partial charge in [0.2, 0.25) is 5.91 Å². The molecule has 0 aromatic carbocycles. The van der Waals surface area contributed by atoms with E-state index in [0.717, 1.165) is 0 Å². The van der Waals surface area contributed by atoms with Crippen LogP contribution < -0.4 is 5.32 Å². The van der Waals surface area contributed by atoms with Crippen LogP contribution in [0.25, 0.3) is 0 Å². The van der Waals surface area contributed by atoms with E-state index in [2.05, 4.69) is 11.4 Å². The smallest absolute Gasteiger partial charge is 0.237 e. The highest BCUT2D eigenvalue weighted by atomic mass is 16.5. The molecule has 0 aromatic heterocycles. The van der Waals surface area contributed by atoms with Gasteiger partial charge in [-0.3, -0.25) is 9.69 Å². The van der Waals surface area contributed by atoms with Crippen LogP contribution in [-0.4, -0.2) is 62.9 Å². The molecule has 1 rings (SSSR count). The van der Waals surface area contributed by atoms with Gasteiger partial charge in [-0.25, -0.2) is 0 Å². The lowest BCUT2D eigenvalue weighted by Gasteiger charge is -2.33. The summed E-state index contributed by atoms with van der Waals surface area (Å²) in [6, 6.07) is 1.82. The highest BCUT2D eigenvalue weighted by Crippen LogP contribution is 2.08. The van der Waals surface area contributed by atoms with Crippen LogP contribution in [0.1, 0.15) is 6.92 Å². The highest BCUT2D eigenvalue weighted by Gasteiger charge is 2.27. The van der Waals surface area contributed by atoms with E-state index in [1.807, 2.05) is 11.8 Å². The number of ether oxygens (including phenoxy) is 2. The summed E-state index contributed by atoms with van der Waals surface area (Å²) in [5, 5.41) is 11.6. The zero-order chi connectivity index (χ0) is 12.7. The van der Waals surface area contributed by atoms with Crippen LogP contribution in [0.4, 0.5) is 0 Å². The number of hydrogen-bond acceptors (Lipinski definition) is 5. The third kappa shape index (κ3) is 4.30. The molecule has 1 aliphatic rings. The van der Waals surface area contributed by atoms with Gasteiger partial charge in [0, 0.05) is 26.7 Å². The second-order valence-corrected chi connectivity index (χ2v) is 3.94. The summed E-state index contributed by atoms with van der Waals surface area (Å²) in [6.07, 6.45) is -0.432. The van der Waals surface area contributed by atoms with E-state index in [1.54, 1.807) is 7.11 Å². The number of nitriles is 1. The van der Waals surface area contributed by atoms with Gasteiger partial charge in [0.25, 0.3) is 0 Å². The fourth-order valence-electron chi connectivity index (χ4n) is 1.69. The van der Waals surface area contributed by atoms with Gasteiger partial charge < -0.3 is 14.8 Å². The van der Waals surface area contributed by atoms with E-state index in [-0.39, 0.29) is 11.9 Å². The van der Waals surface area contributed by atoms with Crippen molar-refractivity contribution in [2.45, 2.75) is 19.1 Å². The van der Waals surface area contributed by atoms with Crippen molar-refractivity contribution >= 4 is 5.91 Å². The van der Waals surface area contributed by atoms with Crippen molar-refractivity contribution in [3.8, 4) is 6.07 Å². The summed E-state index contributed by atoms with van der Waals surface area (Å²) >= 11 is 0. The maximum absolute atomic E-state index is 11.8. The molecule has 0 bridgehead atoms. The topological polar surface area (TPSA) is 74.6 Å². The number of carbonyl (C=O) groups is 1. The first-order chi connectivity index (χ1) is 8.19. The number of rotatable bonds is 5. The molecule has 96 valence electrons. The summed E-state index contributed by atoms with van der Waals surface area (Å²) in [4.78, 5) is 13.7. The second-order valence-electron chi connectivity index (χ2n) is 3.94. The van der Waals surface area contributed by atoms with Gasteiger partial charge in [0.05, 0.1) is 25.3 Å². The minimum absolute atomic E-state index is 0.0411. The Labute approximate surface area is 101 Å². The molecule has 1 fully saturated rings. The molecule has 0 saturated carbocycles. The van der Waals surface area contributed by atoms with Crippen molar-refractivity contribution in [1.82, 2.24) is 10.2 Å². The summed E-state index contributed by atoms with van der Waals surface area (Å²) in [7, 11) is 1.59. The molecule has 0 radical (unpaired) electrons. The molecule has 0 aromatic rings. The van der Waals surface area contributed by atoms with Gasteiger partial charge in [-0.1, -0.05) is 0 Å². The third-order valence-electron chi connectivity index (χ3n) is 2.77. The largest absolute Gasteiger partial charge is 0.383 e. The van der Waals surface area contributed by atoms with Crippen molar-refractivity contribution in [2.75, 3.05) is 40.0 Å². The van der Waals surface area contributed by atoms with E-state index in [4.69, 9.17) is 14.7 Å². The van der Waals surface area contributed by atoms with Crippen molar-refractivity contribution in [3.63, 3.8) is 0 Å². The van der Waals surface area contributed by atoms with Gasteiger partial charge in [-0.15, -0.1) is 0 Å². The fraction of sp³-hybridized carbons (Fsp3) is 0.818. The van der Waals surface area contributed by atoms with Crippen LogP contribution in [0.5, 0.6) is 0 Å². The maximum Gasteiger partial charge on any atom is 0.237 e. The molecule has 1 amide bonds. The van der Waals surface area contributed by atoms with E-state index in [1.165, 1.54) is 0 Å². The summed E-state index contributed by atoms with van der Waals surface area (Å²) < 4.78 is 10.1. The van der Waals surface area contributed by atoms with E-state index in [9.17, 15) is 4.79 Å². The van der Waals surface area contributed by atoms with Crippen molar-refractivity contribution in [3.05, 3.63) is 0 Å². The van der Waals surface area contributed by atoms with Crippen LogP contribution >= 0.6 is 0 Å². The zero-order valence-electron chi connectivity index (χ0n) is 10.3. The Hall–Kier alpha value is -1.16. The molecule has 0 aliphatic carbocycles. The predicted molar refractivity (Wildman–Crippen MR) is 61.3 cm³/mol. The number of nitrogens with one attached hydrogen (secondary N) is 1. The number of nitrogens with zero attached hydrogens (tertiary/aromatic N) is 2. The predicted octanol–water partition coefficient (Wildman–Crippen LogP) is -0.638. The molecule has 1 heterocycles. The van der Waals surface area contributed by atoms with Crippen LogP contribution in [0.2, 0.25) is 0 Å². The molecule has 2 atom stereocenters. The number of carbonyl (C=O) groups excluding carboxylic acids is 1. The first kappa shape index (κ1) is 13.9. The summed E-state index contributed by atoms with van der Waals surface area (Å²) in [5.41, 5.74) is 0. The first-order valence-corrected chi connectivity index (χ1v) is 5.71. The van der Waals surface area contributed by atoms with Crippen LogP contribution in [-0.2, 0) is 14.3 Å². The normalized spacial score (nSPS) is 22.8. The standard InChI is InChI=1S/C11H19N3O3/c1-9(11(15)13-3-5-16-2)14-4-6-17-10(7-12)8-14/h9-10H,3-6,8H2,1-2H3,(H,13,15). The average molecular weight is 241 g/mol. The van der Waals surface area contributed by atoms with Gasteiger partial charge in [0.15, 0.2) is 6.10 Å². The Morgan fingerprint density at radius 1 is 1.76 bits per heavy atom. The van der Waals surface area contributed by atoms with Gasteiger partial charge in [0.1, 0.15) is 0 Å². The molecular weight excluding hydrogens is 222 g/mol. The minimum Gasteiger partial charge on any atom is -0.383 e. The average Bonchev–Trinajstić information content (AvgIpc) is 2.38. The third-order valence-corrected chi connectivity index (χ3v) is 2.77. The van der Waals surface area contributed by atoms with E-state index in [0.29, 0.717) is 32.8 Å². The number of hydrogen-bond donors (Lipinski definition) is 1. The van der Waals surface area contributed by atoms with Gasteiger partial charge in [-0.2, -0.15) is 5.26 Å². The Balaban J connectivity index is 2.37. The Morgan fingerprint density at radius 3 is 3.18 bits per heavy atom. The van der Waals surface area contributed by atoms with Crippen molar-refractivity contribution < 1.29 is 14.3 Å². The maximum atomic E-state index is 11.8. The lowest BCUT2D eigenvalue weighted by atomic mass is 10.2. The van der Waals surface area contributed by atoms with Crippen molar-refractivity contribution in [2.24, 2.45) is 0 Å². The number of methoxy groups -OCH3 is 1.